The number of sulfonamides is 1. The minimum Gasteiger partial charge on any atom is -0.318 e. The highest BCUT2D eigenvalue weighted by Gasteiger charge is 2.23. The maximum Gasteiger partial charge on any atom is 0.260 e. The molecule has 0 saturated heterocycles. The summed E-state index contributed by atoms with van der Waals surface area (Å²) in [6.07, 6.45) is 2.34. The molecular formula is C22H21Cl2FN4O3S. The van der Waals surface area contributed by atoms with Crippen LogP contribution in [-0.4, -0.2) is 37.9 Å². The van der Waals surface area contributed by atoms with E-state index in [1.807, 2.05) is 24.5 Å². The van der Waals surface area contributed by atoms with E-state index in [0.29, 0.717) is 14.4 Å². The van der Waals surface area contributed by atoms with Crippen LogP contribution in [0.4, 0.5) is 10.1 Å². The van der Waals surface area contributed by atoms with Crippen molar-refractivity contribution >= 4 is 51.0 Å². The zero-order valence-corrected chi connectivity index (χ0v) is 20.3. The van der Waals surface area contributed by atoms with Crippen LogP contribution in [0.25, 0.3) is 5.69 Å². The van der Waals surface area contributed by atoms with E-state index in [1.165, 1.54) is 24.4 Å². The zero-order valence-electron chi connectivity index (χ0n) is 18.0. The third kappa shape index (κ3) is 5.93. The number of nitrogens with one attached hydrogen (secondary N) is 1. The molecule has 1 N–H and O–H groups in total. The van der Waals surface area contributed by atoms with Crippen molar-refractivity contribution in [2.45, 2.75) is 13.8 Å². The number of aromatic nitrogens is 1. The van der Waals surface area contributed by atoms with Crippen molar-refractivity contribution in [3.63, 3.8) is 0 Å². The van der Waals surface area contributed by atoms with Gasteiger partial charge < -0.3 is 4.57 Å². The van der Waals surface area contributed by atoms with Gasteiger partial charge in [0.2, 0.25) is 10.0 Å². The van der Waals surface area contributed by atoms with Crippen molar-refractivity contribution in [2.24, 2.45) is 5.10 Å². The first-order valence-electron chi connectivity index (χ1n) is 9.67. The highest BCUT2D eigenvalue weighted by Crippen LogP contribution is 2.26. The molecular weight excluding hydrogens is 490 g/mol. The van der Waals surface area contributed by atoms with Gasteiger partial charge in [0.1, 0.15) is 12.4 Å². The summed E-state index contributed by atoms with van der Waals surface area (Å²) >= 11 is 12.2. The van der Waals surface area contributed by atoms with Gasteiger partial charge in [0.25, 0.3) is 5.91 Å². The van der Waals surface area contributed by atoms with Crippen LogP contribution in [0, 0.1) is 19.7 Å². The van der Waals surface area contributed by atoms with E-state index >= 15 is 0 Å². The third-order valence-corrected chi connectivity index (χ3v) is 6.34. The van der Waals surface area contributed by atoms with E-state index in [1.54, 1.807) is 18.2 Å². The molecule has 0 atom stereocenters. The molecule has 1 heterocycles. The molecule has 33 heavy (non-hydrogen) atoms. The first-order valence-corrected chi connectivity index (χ1v) is 12.3. The van der Waals surface area contributed by atoms with E-state index in [-0.39, 0.29) is 5.69 Å². The zero-order chi connectivity index (χ0) is 24.3. The number of benzene rings is 2. The molecule has 0 aliphatic carbocycles. The molecule has 174 valence electrons. The largest absolute Gasteiger partial charge is 0.318 e. The smallest absolute Gasteiger partial charge is 0.260 e. The molecule has 0 aliphatic heterocycles. The summed E-state index contributed by atoms with van der Waals surface area (Å²) in [6, 6.07) is 12.4. The maximum absolute atomic E-state index is 14.1. The highest BCUT2D eigenvalue weighted by atomic mass is 35.5. The number of para-hydroxylation sites is 1. The van der Waals surface area contributed by atoms with Crippen LogP contribution in [0.3, 0.4) is 0 Å². The number of amides is 1. The average Bonchev–Trinajstić information content (AvgIpc) is 2.98. The molecule has 7 nitrogen and oxygen atoms in total. The Hall–Kier alpha value is -2.88. The molecule has 0 radical (unpaired) electrons. The molecule has 2 aromatic carbocycles. The number of carbonyl (C=O) groups excluding carboxylic acids is 1. The third-order valence-electron chi connectivity index (χ3n) is 4.78. The average molecular weight is 511 g/mol. The summed E-state index contributed by atoms with van der Waals surface area (Å²) in [5.74, 6) is -1.48. The number of hydrogen-bond donors (Lipinski definition) is 1. The first kappa shape index (κ1) is 24.8. The lowest BCUT2D eigenvalue weighted by Gasteiger charge is -2.21. The standard InChI is InChI=1S/C22H21Cl2FN4O3S/c1-14-8-16(15(2)29(14)19-10-17(23)9-18(24)11-19)12-26-27-22(30)13-28(33(3,31)32)21-7-5-4-6-20(21)25/h4-12H,13H2,1-3H3,(H,27,30)/b26-12-. The molecule has 0 fully saturated rings. The Bertz CT molecular complexity index is 1320. The molecule has 3 aromatic rings. The summed E-state index contributed by atoms with van der Waals surface area (Å²) in [6.45, 7) is 3.14. The van der Waals surface area contributed by atoms with Crippen LogP contribution in [0.1, 0.15) is 17.0 Å². The summed E-state index contributed by atoms with van der Waals surface area (Å²) in [7, 11) is -3.90. The molecule has 11 heteroatoms. The molecule has 0 saturated carbocycles. The van der Waals surface area contributed by atoms with Crippen LogP contribution >= 0.6 is 23.2 Å². The Kier molecular flexibility index (Phi) is 7.46. The second kappa shape index (κ2) is 9.94. The fourth-order valence-electron chi connectivity index (χ4n) is 3.36. The second-order valence-corrected chi connectivity index (χ2v) is 10.1. The van der Waals surface area contributed by atoms with Crippen molar-refractivity contribution in [3.05, 3.63) is 81.3 Å². The highest BCUT2D eigenvalue weighted by molar-refractivity contribution is 7.92. The van der Waals surface area contributed by atoms with E-state index in [2.05, 4.69) is 10.5 Å². The van der Waals surface area contributed by atoms with Crippen LogP contribution in [0.5, 0.6) is 0 Å². The Morgan fingerprint density at radius 3 is 2.39 bits per heavy atom. The lowest BCUT2D eigenvalue weighted by atomic mass is 10.2. The predicted molar refractivity (Wildman–Crippen MR) is 130 cm³/mol. The van der Waals surface area contributed by atoms with Gasteiger partial charge in [0.15, 0.2) is 0 Å². The number of aryl methyl sites for hydroxylation is 1. The van der Waals surface area contributed by atoms with Gasteiger partial charge >= 0.3 is 0 Å². The Morgan fingerprint density at radius 1 is 1.15 bits per heavy atom. The SMILES string of the molecule is Cc1cc(/C=N\NC(=O)CN(c2ccccc2F)S(C)(=O)=O)c(C)n1-c1cc(Cl)cc(Cl)c1. The van der Waals surface area contributed by atoms with Crippen molar-refractivity contribution in [2.75, 3.05) is 17.1 Å². The summed E-state index contributed by atoms with van der Waals surface area (Å²) < 4.78 is 40.9. The van der Waals surface area contributed by atoms with Crippen LogP contribution in [0.2, 0.25) is 10.0 Å². The Morgan fingerprint density at radius 2 is 1.79 bits per heavy atom. The van der Waals surface area contributed by atoms with E-state index in [0.717, 1.165) is 35.0 Å². The van der Waals surface area contributed by atoms with Crippen LogP contribution in [-0.2, 0) is 14.8 Å². The normalized spacial score (nSPS) is 11.7. The first-order chi connectivity index (χ1) is 15.5. The van der Waals surface area contributed by atoms with Crippen molar-refractivity contribution in [1.82, 2.24) is 9.99 Å². The molecule has 0 bridgehead atoms. The van der Waals surface area contributed by atoms with Gasteiger partial charge in [-0.2, -0.15) is 5.10 Å². The fraction of sp³-hybridized carbons (Fsp3) is 0.182. The van der Waals surface area contributed by atoms with Gasteiger partial charge in [0, 0.05) is 32.7 Å². The van der Waals surface area contributed by atoms with Crippen molar-refractivity contribution in [3.8, 4) is 5.69 Å². The van der Waals surface area contributed by atoms with E-state index in [4.69, 9.17) is 23.2 Å². The van der Waals surface area contributed by atoms with Crippen molar-refractivity contribution in [1.29, 1.82) is 0 Å². The van der Waals surface area contributed by atoms with Gasteiger partial charge in [-0.15, -0.1) is 0 Å². The predicted octanol–water partition coefficient (Wildman–Crippen LogP) is 4.46. The Labute approximate surface area is 201 Å². The minimum atomic E-state index is -3.90. The van der Waals surface area contributed by atoms with E-state index < -0.39 is 28.3 Å². The van der Waals surface area contributed by atoms with Gasteiger partial charge in [-0.3, -0.25) is 9.10 Å². The molecule has 0 unspecified atom stereocenters. The van der Waals surface area contributed by atoms with Crippen LogP contribution in [0.15, 0.2) is 53.6 Å². The monoisotopic (exact) mass is 510 g/mol. The summed E-state index contributed by atoms with van der Waals surface area (Å²) in [4.78, 5) is 12.3. The van der Waals surface area contributed by atoms with Crippen molar-refractivity contribution < 1.29 is 17.6 Å². The van der Waals surface area contributed by atoms with E-state index in [9.17, 15) is 17.6 Å². The number of hydrogen-bond acceptors (Lipinski definition) is 4. The quantitative estimate of drug-likeness (QED) is 0.376. The van der Waals surface area contributed by atoms with Gasteiger partial charge in [-0.25, -0.2) is 18.2 Å². The Balaban J connectivity index is 1.77. The number of hydrazone groups is 1. The topological polar surface area (TPSA) is 83.8 Å². The molecule has 1 aromatic heterocycles. The second-order valence-electron chi connectivity index (χ2n) is 7.30. The molecule has 0 spiro atoms. The lowest BCUT2D eigenvalue weighted by molar-refractivity contribution is -0.119. The summed E-state index contributed by atoms with van der Waals surface area (Å²) in [5.41, 5.74) is 5.28. The minimum absolute atomic E-state index is 0.220. The van der Waals surface area contributed by atoms with Gasteiger partial charge in [-0.1, -0.05) is 35.3 Å². The van der Waals surface area contributed by atoms with Gasteiger partial charge in [0.05, 0.1) is 18.2 Å². The van der Waals surface area contributed by atoms with Gasteiger partial charge in [-0.05, 0) is 50.2 Å². The molecule has 0 aliphatic rings. The number of halogens is 3. The fourth-order valence-corrected chi connectivity index (χ4v) is 4.73. The van der Waals surface area contributed by atoms with Crippen LogP contribution < -0.4 is 9.73 Å². The summed E-state index contributed by atoms with van der Waals surface area (Å²) in [5, 5.41) is 4.93. The number of rotatable bonds is 7. The number of anilines is 1. The molecule has 3 rings (SSSR count). The lowest BCUT2D eigenvalue weighted by Crippen LogP contribution is -2.39. The number of carbonyl (C=O) groups is 1. The molecule has 1 amide bonds. The number of nitrogens with zero attached hydrogens (tertiary/aromatic N) is 3. The maximum atomic E-state index is 14.1.